The number of hydrogen-bond donors (Lipinski definition) is 12. The molecule has 0 radical (unpaired) electrons. The number of rotatable bonds is 25. The number of carbonyl (C=O) groups excluding carboxylic acids is 6. The van der Waals surface area contributed by atoms with Gasteiger partial charge in [0.2, 0.25) is 29.5 Å². The Morgan fingerprint density at radius 3 is 1.60 bits per heavy atom. The van der Waals surface area contributed by atoms with E-state index in [4.69, 9.17) is 34.4 Å². The topological polar surface area (TPSA) is 389 Å². The first-order valence-corrected chi connectivity index (χ1v) is 17.9. The van der Waals surface area contributed by atoms with Gasteiger partial charge in [0.15, 0.2) is 17.7 Å². The Morgan fingerprint density at radius 2 is 1.07 bits per heavy atom. The van der Waals surface area contributed by atoms with Crippen molar-refractivity contribution in [1.29, 1.82) is 0 Å². The van der Waals surface area contributed by atoms with E-state index in [9.17, 15) is 43.8 Å². The Bertz CT molecular complexity index is 1750. The summed E-state index contributed by atoms with van der Waals surface area (Å²) in [6.45, 7) is -0.798. The average Bonchev–Trinajstić information content (AvgIpc) is 3.17. The van der Waals surface area contributed by atoms with Crippen LogP contribution in [0.2, 0.25) is 0 Å². The SMILES string of the molecule is NC(=O)CC[C@H](N)C(=O)N[C@@H](CCCN=C(N)N)C(=O)N[C@@H](Cc1ccc(C(=O)c2ccccc2)cc1)C(=O)N[C@@H](CO)C(=O)N[C@@H](CCCN=C(N)N)C(=O)O. The molecule has 0 heterocycles. The molecule has 0 aliphatic heterocycles. The van der Waals surface area contributed by atoms with E-state index in [1.807, 2.05) is 0 Å². The van der Waals surface area contributed by atoms with Gasteiger partial charge in [0.25, 0.3) is 0 Å². The number of carboxylic acid groups (broad SMARTS) is 1. The number of nitrogens with two attached hydrogens (primary N) is 6. The van der Waals surface area contributed by atoms with Crippen LogP contribution >= 0.6 is 0 Å². The average molecular weight is 797 g/mol. The minimum absolute atomic E-state index is 0.0387. The van der Waals surface area contributed by atoms with Gasteiger partial charge >= 0.3 is 5.97 Å². The van der Waals surface area contributed by atoms with Crippen molar-refractivity contribution in [3.63, 3.8) is 0 Å². The molecular formula is C36H52N12O9. The summed E-state index contributed by atoms with van der Waals surface area (Å²) in [4.78, 5) is 97.4. The lowest BCUT2D eigenvalue weighted by Gasteiger charge is -2.26. The van der Waals surface area contributed by atoms with Crippen LogP contribution in [0.3, 0.4) is 0 Å². The number of amides is 5. The minimum Gasteiger partial charge on any atom is -0.480 e. The standard InChI is InChI=1S/C36H52N12O9/c37-23(14-15-28(38)50)30(52)45-24(8-4-16-43-35(39)40)31(53)47-26(18-20-10-12-22(13-11-20)29(51)21-6-2-1-3-7-21)32(54)48-27(19-49)33(55)46-25(34(56)57)9-5-17-44-36(41)42/h1-3,6-7,10-13,23-27,49H,4-5,8-9,14-19,37H2,(H2,38,50)(H,45,52)(H,46,55)(H,47,53)(H,48,54)(H,56,57)(H4,39,40,43)(H4,41,42,44)/t23-,24-,25-,26-,27-/m0/s1. The first-order chi connectivity index (χ1) is 27.0. The number of benzene rings is 2. The number of carboxylic acids is 1. The molecule has 0 aliphatic carbocycles. The van der Waals surface area contributed by atoms with E-state index in [0.29, 0.717) is 16.7 Å². The van der Waals surface area contributed by atoms with Crippen LogP contribution in [0, 0.1) is 0 Å². The highest BCUT2D eigenvalue weighted by molar-refractivity contribution is 6.09. The third-order valence-electron chi connectivity index (χ3n) is 8.32. The Labute approximate surface area is 328 Å². The molecule has 0 fully saturated rings. The number of carbonyl (C=O) groups is 7. The minimum atomic E-state index is -1.67. The van der Waals surface area contributed by atoms with Gasteiger partial charge in [0, 0.05) is 37.1 Å². The molecule has 0 saturated carbocycles. The van der Waals surface area contributed by atoms with Crippen molar-refractivity contribution in [2.75, 3.05) is 19.7 Å². The number of nitrogens with zero attached hydrogens (tertiary/aromatic N) is 2. The summed E-state index contributed by atoms with van der Waals surface area (Å²) in [5.41, 5.74) is 33.7. The summed E-state index contributed by atoms with van der Waals surface area (Å²) >= 11 is 0. The zero-order valence-electron chi connectivity index (χ0n) is 31.3. The predicted octanol–water partition coefficient (Wildman–Crippen LogP) is -3.82. The molecule has 0 spiro atoms. The van der Waals surface area contributed by atoms with Crippen LogP contribution in [0.25, 0.3) is 0 Å². The van der Waals surface area contributed by atoms with E-state index < -0.39 is 72.3 Å². The van der Waals surface area contributed by atoms with Crippen LogP contribution in [0.5, 0.6) is 0 Å². The summed E-state index contributed by atoms with van der Waals surface area (Å²) in [7, 11) is 0. The fourth-order valence-electron chi connectivity index (χ4n) is 5.25. The number of aliphatic hydroxyl groups is 1. The van der Waals surface area contributed by atoms with Gasteiger partial charge in [-0.1, -0.05) is 54.6 Å². The van der Waals surface area contributed by atoms with Gasteiger partial charge in [-0.25, -0.2) is 4.79 Å². The molecule has 21 nitrogen and oxygen atoms in total. The van der Waals surface area contributed by atoms with E-state index >= 15 is 0 Å². The Kier molecular flexibility index (Phi) is 19.6. The fraction of sp³-hybridized carbons (Fsp3) is 0.417. The molecule has 0 unspecified atom stereocenters. The molecule has 5 atom stereocenters. The molecule has 21 heteroatoms. The van der Waals surface area contributed by atoms with Crippen LogP contribution in [-0.4, -0.2) is 113 Å². The molecule has 0 aliphatic rings. The second kappa shape index (κ2) is 24.0. The van der Waals surface area contributed by atoms with E-state index in [1.165, 1.54) is 12.1 Å². The first-order valence-electron chi connectivity index (χ1n) is 17.9. The van der Waals surface area contributed by atoms with Gasteiger partial charge in [-0.15, -0.1) is 0 Å². The van der Waals surface area contributed by atoms with Crippen LogP contribution in [0.1, 0.15) is 60.0 Å². The lowest BCUT2D eigenvalue weighted by Crippen LogP contribution is -2.59. The Morgan fingerprint density at radius 1 is 0.596 bits per heavy atom. The van der Waals surface area contributed by atoms with E-state index in [1.54, 1.807) is 42.5 Å². The van der Waals surface area contributed by atoms with E-state index in [2.05, 4.69) is 31.3 Å². The van der Waals surface area contributed by atoms with Gasteiger partial charge in [0.05, 0.1) is 12.6 Å². The maximum absolute atomic E-state index is 13.8. The van der Waals surface area contributed by atoms with E-state index in [-0.39, 0.29) is 75.7 Å². The number of hydrogen-bond acceptors (Lipinski definition) is 11. The lowest BCUT2D eigenvalue weighted by atomic mass is 9.99. The van der Waals surface area contributed by atoms with Crippen molar-refractivity contribution in [3.05, 3.63) is 71.3 Å². The van der Waals surface area contributed by atoms with Crippen molar-refractivity contribution in [3.8, 4) is 0 Å². The molecule has 57 heavy (non-hydrogen) atoms. The smallest absolute Gasteiger partial charge is 0.326 e. The number of ketones is 1. The third-order valence-corrected chi connectivity index (χ3v) is 8.32. The highest BCUT2D eigenvalue weighted by Crippen LogP contribution is 2.13. The maximum atomic E-state index is 13.8. The van der Waals surface area contributed by atoms with Gasteiger partial charge < -0.3 is 65.9 Å². The van der Waals surface area contributed by atoms with Crippen LogP contribution in [0.15, 0.2) is 64.6 Å². The van der Waals surface area contributed by atoms with Gasteiger partial charge in [-0.2, -0.15) is 0 Å². The second-order valence-corrected chi connectivity index (χ2v) is 12.9. The van der Waals surface area contributed by atoms with Gasteiger partial charge in [-0.05, 0) is 37.7 Å². The fourth-order valence-corrected chi connectivity index (χ4v) is 5.25. The van der Waals surface area contributed by atoms with Gasteiger partial charge in [-0.3, -0.25) is 38.8 Å². The molecule has 18 N–H and O–H groups in total. The van der Waals surface area contributed by atoms with Crippen molar-refractivity contribution >= 4 is 53.2 Å². The molecule has 0 aromatic heterocycles. The Hall–Kier alpha value is -6.61. The monoisotopic (exact) mass is 796 g/mol. The third kappa shape index (κ3) is 17.2. The van der Waals surface area contributed by atoms with Crippen molar-refractivity contribution < 1.29 is 43.8 Å². The summed E-state index contributed by atoms with van der Waals surface area (Å²) in [5.74, 6) is -6.39. The number of primary amides is 1. The normalized spacial score (nSPS) is 13.3. The van der Waals surface area contributed by atoms with E-state index in [0.717, 1.165) is 0 Å². The number of aliphatic hydroxyl groups excluding tert-OH is 1. The highest BCUT2D eigenvalue weighted by atomic mass is 16.4. The number of aliphatic imine (C=N–C) groups is 2. The Balaban J connectivity index is 2.38. The molecule has 5 amide bonds. The first kappa shape index (κ1) is 46.5. The summed E-state index contributed by atoms with van der Waals surface area (Å²) in [5, 5.41) is 29.4. The molecule has 0 bridgehead atoms. The zero-order chi connectivity index (χ0) is 42.5. The van der Waals surface area contributed by atoms with Crippen molar-refractivity contribution in [2.24, 2.45) is 44.4 Å². The summed E-state index contributed by atoms with van der Waals surface area (Å²) in [6, 6.07) is 7.62. The van der Waals surface area contributed by atoms with Crippen LogP contribution in [-0.2, 0) is 35.2 Å². The number of nitrogens with one attached hydrogen (secondary N) is 4. The lowest BCUT2D eigenvalue weighted by molar-refractivity contribution is -0.142. The molecule has 2 rings (SSSR count). The van der Waals surface area contributed by atoms with Gasteiger partial charge in [0.1, 0.15) is 24.2 Å². The highest BCUT2D eigenvalue weighted by Gasteiger charge is 2.32. The zero-order valence-corrected chi connectivity index (χ0v) is 31.3. The second-order valence-electron chi connectivity index (χ2n) is 12.9. The predicted molar refractivity (Wildman–Crippen MR) is 209 cm³/mol. The molecular weight excluding hydrogens is 744 g/mol. The summed E-state index contributed by atoms with van der Waals surface area (Å²) < 4.78 is 0. The summed E-state index contributed by atoms with van der Waals surface area (Å²) in [6.07, 6.45) is -0.290. The van der Waals surface area contributed by atoms with Crippen molar-refractivity contribution in [2.45, 2.75) is 75.2 Å². The van der Waals surface area contributed by atoms with Crippen molar-refractivity contribution in [1.82, 2.24) is 21.3 Å². The quantitative estimate of drug-likeness (QED) is 0.0198. The molecule has 2 aromatic rings. The maximum Gasteiger partial charge on any atom is 0.326 e. The van der Waals surface area contributed by atoms with Crippen LogP contribution < -0.4 is 55.7 Å². The number of aliphatic carboxylic acids is 1. The molecule has 0 saturated heterocycles. The number of guanidine groups is 2. The largest absolute Gasteiger partial charge is 0.480 e. The molecule has 310 valence electrons. The molecule has 2 aromatic carbocycles. The van der Waals surface area contributed by atoms with Crippen LogP contribution in [0.4, 0.5) is 0 Å².